The SMILES string of the molecule is CC(OC(=O)Nn1c(Br)ccc1-c1ccc(-c2ccc(C3(C(=O)O)CC3)cc2)cc1)c1ccccc1Cl. The minimum absolute atomic E-state index is 0.526. The molecule has 0 saturated heterocycles. The highest BCUT2D eigenvalue weighted by Crippen LogP contribution is 2.48. The van der Waals surface area contributed by atoms with Crippen LogP contribution in [0, 0.1) is 0 Å². The van der Waals surface area contributed by atoms with Crippen molar-refractivity contribution in [1.29, 1.82) is 0 Å². The van der Waals surface area contributed by atoms with Gasteiger partial charge < -0.3 is 9.84 Å². The van der Waals surface area contributed by atoms with E-state index in [0.717, 1.165) is 33.5 Å². The molecule has 1 atom stereocenters. The molecule has 37 heavy (non-hydrogen) atoms. The zero-order chi connectivity index (χ0) is 26.2. The van der Waals surface area contributed by atoms with Crippen LogP contribution in [0.25, 0.3) is 22.4 Å². The van der Waals surface area contributed by atoms with Crippen molar-refractivity contribution in [2.75, 3.05) is 5.43 Å². The van der Waals surface area contributed by atoms with Gasteiger partial charge in [0.15, 0.2) is 0 Å². The maximum absolute atomic E-state index is 12.7. The molecule has 1 saturated carbocycles. The number of ether oxygens (including phenoxy) is 1. The Balaban J connectivity index is 1.30. The predicted octanol–water partition coefficient (Wildman–Crippen LogP) is 7.80. The van der Waals surface area contributed by atoms with Crippen LogP contribution in [-0.4, -0.2) is 21.8 Å². The van der Waals surface area contributed by atoms with Gasteiger partial charge in [0.2, 0.25) is 0 Å². The molecule has 1 fully saturated rings. The van der Waals surface area contributed by atoms with Gasteiger partial charge in [-0.05, 0) is 70.6 Å². The Labute approximate surface area is 227 Å². The number of aromatic nitrogens is 1. The van der Waals surface area contributed by atoms with Crippen molar-refractivity contribution in [3.05, 3.63) is 106 Å². The molecule has 6 nitrogen and oxygen atoms in total. The summed E-state index contributed by atoms with van der Waals surface area (Å²) in [6.45, 7) is 1.77. The highest BCUT2D eigenvalue weighted by Gasteiger charge is 2.51. The van der Waals surface area contributed by atoms with E-state index >= 15 is 0 Å². The first kappa shape index (κ1) is 25.1. The van der Waals surface area contributed by atoms with Crippen molar-refractivity contribution in [3.63, 3.8) is 0 Å². The normalized spacial score (nSPS) is 14.6. The first-order valence-corrected chi connectivity index (χ1v) is 13.0. The van der Waals surface area contributed by atoms with Crippen molar-refractivity contribution >= 4 is 39.6 Å². The Morgan fingerprint density at radius 3 is 2.14 bits per heavy atom. The van der Waals surface area contributed by atoms with Crippen LogP contribution in [-0.2, 0) is 14.9 Å². The lowest BCUT2D eigenvalue weighted by molar-refractivity contribution is -0.140. The number of carboxylic acids is 1. The molecule has 2 N–H and O–H groups in total. The zero-order valence-electron chi connectivity index (χ0n) is 19.9. The molecule has 0 bridgehead atoms. The van der Waals surface area contributed by atoms with Crippen LogP contribution in [0.4, 0.5) is 4.79 Å². The van der Waals surface area contributed by atoms with Crippen LogP contribution in [0.15, 0.2) is 89.5 Å². The number of aliphatic carboxylic acids is 1. The van der Waals surface area contributed by atoms with E-state index in [4.69, 9.17) is 16.3 Å². The molecule has 1 heterocycles. The number of carboxylic acid groups (broad SMARTS) is 1. The Morgan fingerprint density at radius 2 is 1.54 bits per heavy atom. The van der Waals surface area contributed by atoms with Gasteiger partial charge in [-0.3, -0.25) is 4.79 Å². The first-order valence-electron chi connectivity index (χ1n) is 11.8. The molecule has 1 aromatic heterocycles. The molecule has 1 unspecified atom stereocenters. The number of hydrogen-bond acceptors (Lipinski definition) is 3. The maximum Gasteiger partial charge on any atom is 0.427 e. The lowest BCUT2D eigenvalue weighted by atomic mass is 9.93. The van der Waals surface area contributed by atoms with E-state index in [-0.39, 0.29) is 0 Å². The fourth-order valence-corrected chi connectivity index (χ4v) is 5.16. The third-order valence-electron chi connectivity index (χ3n) is 6.77. The van der Waals surface area contributed by atoms with Gasteiger partial charge in [-0.15, -0.1) is 0 Å². The lowest BCUT2D eigenvalue weighted by Gasteiger charge is -2.17. The van der Waals surface area contributed by atoms with E-state index in [1.807, 2.05) is 78.9 Å². The Kier molecular flexibility index (Phi) is 6.84. The molecule has 1 amide bonds. The van der Waals surface area contributed by atoms with Crippen LogP contribution < -0.4 is 5.43 Å². The molecule has 3 aromatic carbocycles. The predicted molar refractivity (Wildman–Crippen MR) is 147 cm³/mol. The van der Waals surface area contributed by atoms with E-state index in [1.165, 1.54) is 0 Å². The van der Waals surface area contributed by atoms with Gasteiger partial charge in [0.25, 0.3) is 0 Å². The van der Waals surface area contributed by atoms with Crippen LogP contribution in [0.5, 0.6) is 0 Å². The van der Waals surface area contributed by atoms with E-state index in [9.17, 15) is 14.7 Å². The van der Waals surface area contributed by atoms with Crippen LogP contribution in [0.1, 0.15) is 37.0 Å². The molecule has 0 radical (unpaired) electrons. The van der Waals surface area contributed by atoms with Gasteiger partial charge in [-0.1, -0.05) is 78.3 Å². The second-order valence-electron chi connectivity index (χ2n) is 9.10. The summed E-state index contributed by atoms with van der Waals surface area (Å²) in [4.78, 5) is 24.3. The Hall–Kier alpha value is -3.55. The minimum Gasteiger partial charge on any atom is -0.481 e. The number of nitrogens with one attached hydrogen (secondary N) is 1. The molecule has 1 aliphatic rings. The number of benzene rings is 3. The third-order valence-corrected chi connectivity index (χ3v) is 7.74. The quantitative estimate of drug-likeness (QED) is 0.234. The number of carbonyl (C=O) groups is 2. The van der Waals surface area contributed by atoms with Gasteiger partial charge in [0.05, 0.1) is 11.1 Å². The number of rotatable bonds is 7. The number of hydrogen-bond donors (Lipinski definition) is 2. The number of amides is 1. The average Bonchev–Trinajstić information content (AvgIpc) is 3.64. The molecule has 4 aromatic rings. The van der Waals surface area contributed by atoms with E-state index < -0.39 is 23.6 Å². The monoisotopic (exact) mass is 578 g/mol. The number of nitrogens with zero attached hydrogens (tertiary/aromatic N) is 1. The smallest absolute Gasteiger partial charge is 0.427 e. The van der Waals surface area contributed by atoms with Crippen molar-refractivity contribution in [2.45, 2.75) is 31.3 Å². The van der Waals surface area contributed by atoms with Gasteiger partial charge in [-0.25, -0.2) is 14.9 Å². The standard InChI is InChI=1S/C29H24BrClN2O4/c1-18(23-4-2-3-5-24(23)31)37-28(36)32-33-25(14-15-26(33)30)21-8-6-19(7-9-21)20-10-12-22(13-11-20)29(16-17-29)27(34)35/h2-15,18H,16-17H2,1H3,(H,32,36)(H,34,35). The fraction of sp³-hybridized carbons (Fsp3) is 0.172. The van der Waals surface area contributed by atoms with Crippen molar-refractivity contribution < 1.29 is 19.4 Å². The third kappa shape index (κ3) is 5.02. The van der Waals surface area contributed by atoms with Crippen LogP contribution >= 0.6 is 27.5 Å². The summed E-state index contributed by atoms with van der Waals surface area (Å²) in [6.07, 6.45) is 0.234. The van der Waals surface area contributed by atoms with Crippen molar-refractivity contribution in [1.82, 2.24) is 4.68 Å². The zero-order valence-corrected chi connectivity index (χ0v) is 22.3. The topological polar surface area (TPSA) is 80.6 Å². The largest absolute Gasteiger partial charge is 0.481 e. The molecule has 8 heteroatoms. The van der Waals surface area contributed by atoms with Crippen molar-refractivity contribution in [3.8, 4) is 22.4 Å². The number of carbonyl (C=O) groups excluding carboxylic acids is 1. The van der Waals surface area contributed by atoms with Crippen molar-refractivity contribution in [2.24, 2.45) is 0 Å². The van der Waals surface area contributed by atoms with E-state index in [2.05, 4.69) is 21.4 Å². The molecule has 0 spiro atoms. The Bertz CT molecular complexity index is 1460. The molecule has 5 rings (SSSR count). The summed E-state index contributed by atoms with van der Waals surface area (Å²) in [5, 5.41) is 10.1. The molecule has 1 aliphatic carbocycles. The van der Waals surface area contributed by atoms with Crippen LogP contribution in [0.3, 0.4) is 0 Å². The summed E-state index contributed by atoms with van der Waals surface area (Å²) in [5.41, 5.74) is 7.33. The van der Waals surface area contributed by atoms with E-state index in [1.54, 1.807) is 17.7 Å². The molecule has 0 aliphatic heterocycles. The highest BCUT2D eigenvalue weighted by atomic mass is 79.9. The second-order valence-corrected chi connectivity index (χ2v) is 10.3. The van der Waals surface area contributed by atoms with Gasteiger partial charge in [0.1, 0.15) is 10.7 Å². The summed E-state index contributed by atoms with van der Waals surface area (Å²) >= 11 is 9.71. The summed E-state index contributed by atoms with van der Waals surface area (Å²) < 4.78 is 7.83. The molecule has 188 valence electrons. The van der Waals surface area contributed by atoms with Gasteiger partial charge >= 0.3 is 12.1 Å². The average molecular weight is 580 g/mol. The van der Waals surface area contributed by atoms with E-state index in [0.29, 0.717) is 22.5 Å². The molecular weight excluding hydrogens is 556 g/mol. The fourth-order valence-electron chi connectivity index (χ4n) is 4.46. The number of halogens is 2. The lowest BCUT2D eigenvalue weighted by Crippen LogP contribution is -2.25. The van der Waals surface area contributed by atoms with Gasteiger partial charge in [0, 0.05) is 16.1 Å². The molecular formula is C29H24BrClN2O4. The summed E-state index contributed by atoms with van der Waals surface area (Å²) in [5.74, 6) is -0.755. The minimum atomic E-state index is -0.755. The summed E-state index contributed by atoms with van der Waals surface area (Å²) in [7, 11) is 0. The highest BCUT2D eigenvalue weighted by molar-refractivity contribution is 9.10. The van der Waals surface area contributed by atoms with Gasteiger partial charge in [-0.2, -0.15) is 0 Å². The summed E-state index contributed by atoms with van der Waals surface area (Å²) in [6, 6.07) is 26.7. The Morgan fingerprint density at radius 1 is 0.946 bits per heavy atom. The first-order chi connectivity index (χ1) is 17.8. The maximum atomic E-state index is 12.7. The second kappa shape index (κ2) is 10.1. The van der Waals surface area contributed by atoms with Crippen LogP contribution in [0.2, 0.25) is 5.02 Å².